The minimum absolute atomic E-state index is 0.156. The lowest BCUT2D eigenvalue weighted by atomic mass is 9.88. The second-order valence-corrected chi connectivity index (χ2v) is 8.70. The van der Waals surface area contributed by atoms with Gasteiger partial charge in [-0.3, -0.25) is 4.79 Å². The predicted molar refractivity (Wildman–Crippen MR) is 112 cm³/mol. The van der Waals surface area contributed by atoms with Gasteiger partial charge in [0.05, 0.1) is 29.3 Å². The van der Waals surface area contributed by atoms with Crippen LogP contribution in [0, 0.1) is 12.8 Å². The van der Waals surface area contributed by atoms with Gasteiger partial charge in [0, 0.05) is 23.9 Å². The third kappa shape index (κ3) is 3.86. The summed E-state index contributed by atoms with van der Waals surface area (Å²) < 4.78 is 8.08. The van der Waals surface area contributed by atoms with Gasteiger partial charge in [0.15, 0.2) is 5.43 Å². The van der Waals surface area contributed by atoms with Crippen molar-refractivity contribution in [2.24, 2.45) is 5.92 Å². The Bertz CT molecular complexity index is 923. The van der Waals surface area contributed by atoms with Crippen molar-refractivity contribution in [1.82, 2.24) is 9.55 Å². The van der Waals surface area contributed by atoms with Crippen molar-refractivity contribution in [3.63, 3.8) is 0 Å². The molecule has 0 aliphatic carbocycles. The molecule has 0 bridgehead atoms. The van der Waals surface area contributed by atoms with E-state index in [1.165, 1.54) is 0 Å². The van der Waals surface area contributed by atoms with Crippen molar-refractivity contribution in [3.8, 4) is 17.1 Å². The Morgan fingerprint density at radius 1 is 1.36 bits per heavy atom. The summed E-state index contributed by atoms with van der Waals surface area (Å²) >= 11 is 0. The molecule has 3 heterocycles. The first-order valence-electron chi connectivity index (χ1n) is 10.3. The molecule has 0 saturated heterocycles. The number of rotatable bonds is 6. The number of pyridine rings is 2. The van der Waals surface area contributed by atoms with Crippen molar-refractivity contribution in [2.75, 3.05) is 6.61 Å². The molecule has 5 heteroatoms. The molecule has 152 valence electrons. The molecular weight excluding hydrogens is 352 g/mol. The van der Waals surface area contributed by atoms with Crippen LogP contribution in [-0.4, -0.2) is 21.3 Å². The molecule has 0 amide bonds. The number of hydrogen-bond acceptors (Lipinski definition) is 4. The third-order valence-corrected chi connectivity index (χ3v) is 5.54. The number of fused-ring (bicyclic) bond motifs is 3. The molecule has 3 rings (SSSR count). The molecular formula is C23H32N2O3. The fraction of sp³-hybridized carbons (Fsp3) is 0.565. The van der Waals surface area contributed by atoms with Gasteiger partial charge in [-0.2, -0.15) is 0 Å². The summed E-state index contributed by atoms with van der Waals surface area (Å²) in [7, 11) is 0. The van der Waals surface area contributed by atoms with E-state index in [0.29, 0.717) is 18.1 Å². The monoisotopic (exact) mass is 384 g/mol. The SMILES string of the molecule is CCCCOc1cc2c(nc1C)-c1cc(=O)c(C(C)(C)O)cn1C(C(C)C)C2. The van der Waals surface area contributed by atoms with Crippen LogP contribution in [0.2, 0.25) is 0 Å². The summed E-state index contributed by atoms with van der Waals surface area (Å²) in [5.74, 6) is 1.20. The minimum Gasteiger partial charge on any atom is -0.492 e. The lowest BCUT2D eigenvalue weighted by molar-refractivity contribution is 0.0764. The van der Waals surface area contributed by atoms with Crippen LogP contribution in [0.5, 0.6) is 5.75 Å². The van der Waals surface area contributed by atoms with Gasteiger partial charge in [-0.05, 0) is 51.2 Å². The Morgan fingerprint density at radius 2 is 2.07 bits per heavy atom. The average molecular weight is 385 g/mol. The van der Waals surface area contributed by atoms with Gasteiger partial charge in [0.25, 0.3) is 0 Å². The first-order chi connectivity index (χ1) is 13.1. The number of aromatic nitrogens is 2. The highest BCUT2D eigenvalue weighted by Crippen LogP contribution is 2.39. The van der Waals surface area contributed by atoms with Crippen molar-refractivity contribution >= 4 is 0 Å². The highest BCUT2D eigenvalue weighted by molar-refractivity contribution is 5.64. The molecule has 2 aromatic rings. The van der Waals surface area contributed by atoms with Crippen molar-refractivity contribution in [1.29, 1.82) is 0 Å². The van der Waals surface area contributed by atoms with E-state index in [0.717, 1.165) is 47.7 Å². The normalized spacial score (nSPS) is 16.1. The average Bonchev–Trinajstić information content (AvgIpc) is 2.60. The zero-order valence-corrected chi connectivity index (χ0v) is 17.9. The predicted octanol–water partition coefficient (Wildman–Crippen LogP) is 4.38. The zero-order chi connectivity index (χ0) is 20.6. The van der Waals surface area contributed by atoms with E-state index in [4.69, 9.17) is 9.72 Å². The van der Waals surface area contributed by atoms with Crippen LogP contribution in [0.4, 0.5) is 0 Å². The molecule has 28 heavy (non-hydrogen) atoms. The first-order valence-corrected chi connectivity index (χ1v) is 10.3. The Balaban J connectivity index is 2.15. The lowest BCUT2D eigenvalue weighted by Crippen LogP contribution is -2.31. The molecule has 1 aliphatic rings. The third-order valence-electron chi connectivity index (χ3n) is 5.54. The second kappa shape index (κ2) is 7.70. The van der Waals surface area contributed by atoms with Gasteiger partial charge in [0.2, 0.25) is 0 Å². The molecule has 0 saturated carbocycles. The van der Waals surface area contributed by atoms with Gasteiger partial charge in [-0.15, -0.1) is 0 Å². The van der Waals surface area contributed by atoms with Gasteiger partial charge >= 0.3 is 0 Å². The summed E-state index contributed by atoms with van der Waals surface area (Å²) in [5, 5.41) is 10.4. The number of ether oxygens (including phenoxy) is 1. The van der Waals surface area contributed by atoms with Crippen molar-refractivity contribution in [3.05, 3.63) is 45.4 Å². The lowest BCUT2D eigenvalue weighted by Gasteiger charge is -2.34. The van der Waals surface area contributed by atoms with Gasteiger partial charge in [-0.1, -0.05) is 27.2 Å². The van der Waals surface area contributed by atoms with Gasteiger partial charge in [-0.25, -0.2) is 4.98 Å². The van der Waals surface area contributed by atoms with Gasteiger partial charge < -0.3 is 14.4 Å². The van der Waals surface area contributed by atoms with Crippen LogP contribution in [0.1, 0.15) is 70.3 Å². The van der Waals surface area contributed by atoms with Crippen LogP contribution in [-0.2, 0) is 12.0 Å². The molecule has 0 fully saturated rings. The molecule has 1 atom stereocenters. The molecule has 0 aromatic carbocycles. The van der Waals surface area contributed by atoms with Crippen LogP contribution < -0.4 is 10.2 Å². The summed E-state index contributed by atoms with van der Waals surface area (Å²) in [4.78, 5) is 17.5. The maximum Gasteiger partial charge on any atom is 0.188 e. The summed E-state index contributed by atoms with van der Waals surface area (Å²) in [6.45, 7) is 12.5. The van der Waals surface area contributed by atoms with Crippen LogP contribution in [0.25, 0.3) is 11.4 Å². The standard InChI is InChI=1S/C23H32N2O3/c1-7-8-9-28-21-11-16-10-18(14(2)3)25-13-17(23(5,6)27)20(26)12-19(25)22(16)24-15(21)4/h11-14,18,27H,7-10H2,1-6H3. The number of aliphatic hydroxyl groups is 1. The number of hydrogen-bond donors (Lipinski definition) is 1. The van der Waals surface area contributed by atoms with E-state index < -0.39 is 5.60 Å². The Labute approximate surface area is 167 Å². The fourth-order valence-electron chi connectivity index (χ4n) is 3.83. The Morgan fingerprint density at radius 3 is 2.68 bits per heavy atom. The Kier molecular flexibility index (Phi) is 5.67. The molecule has 0 spiro atoms. The number of nitrogens with zero attached hydrogens (tertiary/aromatic N) is 2. The zero-order valence-electron chi connectivity index (χ0n) is 17.9. The topological polar surface area (TPSA) is 64.3 Å². The van der Waals surface area contributed by atoms with E-state index >= 15 is 0 Å². The van der Waals surface area contributed by atoms with Gasteiger partial charge in [0.1, 0.15) is 5.75 Å². The Hall–Kier alpha value is -2.14. The molecule has 0 radical (unpaired) electrons. The van der Waals surface area contributed by atoms with E-state index in [1.54, 1.807) is 19.9 Å². The summed E-state index contributed by atoms with van der Waals surface area (Å²) in [5.41, 5.74) is 2.70. The maximum atomic E-state index is 12.7. The molecule has 5 nitrogen and oxygen atoms in total. The second-order valence-electron chi connectivity index (χ2n) is 8.70. The molecule has 1 unspecified atom stereocenters. The molecule has 1 N–H and O–H groups in total. The number of unbranched alkanes of at least 4 members (excludes halogenated alkanes) is 1. The quantitative estimate of drug-likeness (QED) is 0.751. The van der Waals surface area contributed by atoms with Crippen molar-refractivity contribution < 1.29 is 9.84 Å². The smallest absolute Gasteiger partial charge is 0.188 e. The first kappa shape index (κ1) is 20.6. The summed E-state index contributed by atoms with van der Waals surface area (Å²) in [6, 6.07) is 3.92. The highest BCUT2D eigenvalue weighted by Gasteiger charge is 2.31. The van der Waals surface area contributed by atoms with E-state index in [1.807, 2.05) is 13.1 Å². The van der Waals surface area contributed by atoms with E-state index in [9.17, 15) is 9.90 Å². The number of aryl methyl sites for hydroxylation is 1. The molecule has 2 aromatic heterocycles. The molecule has 1 aliphatic heterocycles. The van der Waals surface area contributed by atoms with Crippen LogP contribution in [0.15, 0.2) is 23.1 Å². The van der Waals surface area contributed by atoms with Crippen molar-refractivity contribution in [2.45, 2.75) is 72.4 Å². The highest BCUT2D eigenvalue weighted by atomic mass is 16.5. The van der Waals surface area contributed by atoms with E-state index in [2.05, 4.69) is 31.4 Å². The minimum atomic E-state index is -1.18. The maximum absolute atomic E-state index is 12.7. The van der Waals surface area contributed by atoms with Crippen LogP contribution >= 0.6 is 0 Å². The summed E-state index contributed by atoms with van der Waals surface area (Å²) in [6.07, 6.45) is 4.76. The van der Waals surface area contributed by atoms with Crippen LogP contribution in [0.3, 0.4) is 0 Å². The van der Waals surface area contributed by atoms with E-state index in [-0.39, 0.29) is 11.5 Å². The fourth-order valence-corrected chi connectivity index (χ4v) is 3.83. The largest absolute Gasteiger partial charge is 0.492 e.